The third-order valence-corrected chi connectivity index (χ3v) is 6.86. The smallest absolute Gasteiger partial charge is 0.230 e. The van der Waals surface area contributed by atoms with Crippen molar-refractivity contribution in [3.8, 4) is 0 Å². The molecule has 1 atom stereocenters. The van der Waals surface area contributed by atoms with Crippen molar-refractivity contribution in [3.05, 3.63) is 35.4 Å². The van der Waals surface area contributed by atoms with Crippen molar-refractivity contribution in [1.82, 2.24) is 9.21 Å². The summed E-state index contributed by atoms with van der Waals surface area (Å²) in [6.45, 7) is 3.48. The Kier molecular flexibility index (Phi) is 4.73. The maximum absolute atomic E-state index is 12.9. The average Bonchev–Trinajstić information content (AvgIpc) is 2.60. The SMILES string of the molecule is CCS(=O)(=O)N1CCN(C(=O)[C@H]2CCCc3ccccc32)CC1. The molecule has 1 saturated heterocycles. The van der Waals surface area contributed by atoms with Crippen molar-refractivity contribution in [1.29, 1.82) is 0 Å². The van der Waals surface area contributed by atoms with Crippen LogP contribution in [-0.2, 0) is 21.2 Å². The molecule has 1 heterocycles. The molecule has 2 aliphatic rings. The van der Waals surface area contributed by atoms with Gasteiger partial charge in [-0.2, -0.15) is 4.31 Å². The number of piperazine rings is 1. The second-order valence-corrected chi connectivity index (χ2v) is 8.53. The number of hydrogen-bond donors (Lipinski definition) is 0. The maximum atomic E-state index is 12.9. The van der Waals surface area contributed by atoms with Gasteiger partial charge in [0.1, 0.15) is 0 Å². The summed E-state index contributed by atoms with van der Waals surface area (Å²) in [5, 5.41) is 0. The summed E-state index contributed by atoms with van der Waals surface area (Å²) < 4.78 is 25.3. The maximum Gasteiger partial charge on any atom is 0.230 e. The van der Waals surface area contributed by atoms with Crippen molar-refractivity contribution in [2.45, 2.75) is 32.1 Å². The van der Waals surface area contributed by atoms with Crippen LogP contribution in [-0.4, -0.2) is 55.5 Å². The molecule has 1 aromatic carbocycles. The zero-order valence-corrected chi connectivity index (χ0v) is 14.4. The Balaban J connectivity index is 1.69. The minimum absolute atomic E-state index is 0.0608. The van der Waals surface area contributed by atoms with E-state index in [1.807, 2.05) is 17.0 Å². The predicted octanol–water partition coefficient (Wildman–Crippen LogP) is 1.60. The van der Waals surface area contributed by atoms with Gasteiger partial charge in [0.25, 0.3) is 0 Å². The number of carbonyl (C=O) groups excluding carboxylic acids is 1. The molecule has 0 aromatic heterocycles. The van der Waals surface area contributed by atoms with Crippen molar-refractivity contribution in [3.63, 3.8) is 0 Å². The lowest BCUT2D eigenvalue weighted by molar-refractivity contribution is -0.134. The van der Waals surface area contributed by atoms with Crippen LogP contribution in [0.3, 0.4) is 0 Å². The Morgan fingerprint density at radius 2 is 1.87 bits per heavy atom. The zero-order chi connectivity index (χ0) is 16.4. The number of nitrogens with zero attached hydrogens (tertiary/aromatic N) is 2. The summed E-state index contributed by atoms with van der Waals surface area (Å²) in [5.41, 5.74) is 2.44. The standard InChI is InChI=1S/C17H24N2O3S/c1-2-23(21,22)19-12-10-18(11-13-19)17(20)16-9-5-7-14-6-3-4-8-15(14)16/h3-4,6,8,16H,2,5,7,9-13H2,1H3/t16-/m0/s1. The first-order valence-corrected chi connectivity index (χ1v) is 9.98. The summed E-state index contributed by atoms with van der Waals surface area (Å²) in [6.07, 6.45) is 2.98. The third-order valence-electron chi connectivity index (χ3n) is 4.98. The molecule has 126 valence electrons. The van der Waals surface area contributed by atoms with E-state index in [2.05, 4.69) is 12.1 Å². The van der Waals surface area contributed by atoms with E-state index in [0.717, 1.165) is 24.8 Å². The fourth-order valence-electron chi connectivity index (χ4n) is 3.60. The summed E-state index contributed by atoms with van der Waals surface area (Å²) >= 11 is 0. The number of amides is 1. The molecule has 0 N–H and O–H groups in total. The van der Waals surface area contributed by atoms with Crippen LogP contribution in [0.1, 0.15) is 36.8 Å². The van der Waals surface area contributed by atoms with E-state index in [1.54, 1.807) is 6.92 Å². The van der Waals surface area contributed by atoms with Gasteiger partial charge in [-0.05, 0) is 37.3 Å². The van der Waals surface area contributed by atoms with E-state index in [-0.39, 0.29) is 17.6 Å². The minimum atomic E-state index is -3.15. The largest absolute Gasteiger partial charge is 0.340 e. The number of sulfonamides is 1. The van der Waals surface area contributed by atoms with Gasteiger partial charge < -0.3 is 4.90 Å². The van der Waals surface area contributed by atoms with Gasteiger partial charge in [-0.1, -0.05) is 24.3 Å². The molecule has 0 unspecified atom stereocenters. The highest BCUT2D eigenvalue weighted by molar-refractivity contribution is 7.89. The van der Waals surface area contributed by atoms with E-state index < -0.39 is 10.0 Å². The second-order valence-electron chi connectivity index (χ2n) is 6.27. The van der Waals surface area contributed by atoms with E-state index in [0.29, 0.717) is 26.2 Å². The van der Waals surface area contributed by atoms with Crippen LogP contribution < -0.4 is 0 Å². The number of rotatable bonds is 3. The van der Waals surface area contributed by atoms with Gasteiger partial charge in [0.05, 0.1) is 11.7 Å². The van der Waals surface area contributed by atoms with Crippen molar-refractivity contribution in [2.75, 3.05) is 31.9 Å². The van der Waals surface area contributed by atoms with Crippen molar-refractivity contribution < 1.29 is 13.2 Å². The van der Waals surface area contributed by atoms with Gasteiger partial charge in [0, 0.05) is 26.2 Å². The van der Waals surface area contributed by atoms with Crippen LogP contribution in [0.15, 0.2) is 24.3 Å². The lowest BCUT2D eigenvalue weighted by Crippen LogP contribution is -2.52. The van der Waals surface area contributed by atoms with E-state index in [4.69, 9.17) is 0 Å². The normalized spacial score (nSPS) is 22.7. The van der Waals surface area contributed by atoms with Crippen molar-refractivity contribution >= 4 is 15.9 Å². The topological polar surface area (TPSA) is 57.7 Å². The molecular formula is C17H24N2O3S. The number of aryl methyl sites for hydroxylation is 1. The molecule has 0 spiro atoms. The van der Waals surface area contributed by atoms with E-state index >= 15 is 0 Å². The number of carbonyl (C=O) groups is 1. The van der Waals surface area contributed by atoms with Crippen LogP contribution >= 0.6 is 0 Å². The molecule has 1 fully saturated rings. The van der Waals surface area contributed by atoms with Gasteiger partial charge in [-0.3, -0.25) is 4.79 Å². The molecule has 6 heteroatoms. The second kappa shape index (κ2) is 6.61. The lowest BCUT2D eigenvalue weighted by atomic mass is 9.82. The molecule has 23 heavy (non-hydrogen) atoms. The number of benzene rings is 1. The quantitative estimate of drug-likeness (QED) is 0.842. The Morgan fingerprint density at radius 3 is 2.57 bits per heavy atom. The number of hydrogen-bond acceptors (Lipinski definition) is 3. The first-order valence-electron chi connectivity index (χ1n) is 8.37. The summed E-state index contributed by atoms with van der Waals surface area (Å²) in [5.74, 6) is 0.219. The molecule has 1 aliphatic carbocycles. The van der Waals surface area contributed by atoms with Crippen LogP contribution in [0, 0.1) is 0 Å². The lowest BCUT2D eigenvalue weighted by Gasteiger charge is -2.37. The predicted molar refractivity (Wildman–Crippen MR) is 89.7 cm³/mol. The van der Waals surface area contributed by atoms with E-state index in [9.17, 15) is 13.2 Å². The van der Waals surface area contributed by atoms with Gasteiger partial charge in [0.2, 0.25) is 15.9 Å². The molecule has 3 rings (SSSR count). The van der Waals surface area contributed by atoms with Crippen LogP contribution in [0.5, 0.6) is 0 Å². The minimum Gasteiger partial charge on any atom is -0.340 e. The molecule has 0 radical (unpaired) electrons. The van der Waals surface area contributed by atoms with Gasteiger partial charge in [-0.15, -0.1) is 0 Å². The monoisotopic (exact) mass is 336 g/mol. The molecule has 1 aliphatic heterocycles. The summed E-state index contributed by atoms with van der Waals surface area (Å²) in [6, 6.07) is 8.20. The Hall–Kier alpha value is -1.40. The molecule has 1 amide bonds. The van der Waals surface area contributed by atoms with Crippen LogP contribution in [0.2, 0.25) is 0 Å². The van der Waals surface area contributed by atoms with Gasteiger partial charge in [-0.25, -0.2) is 8.42 Å². The van der Waals surface area contributed by atoms with Gasteiger partial charge >= 0.3 is 0 Å². The highest BCUT2D eigenvalue weighted by Crippen LogP contribution is 2.33. The number of fused-ring (bicyclic) bond motifs is 1. The molecule has 5 nitrogen and oxygen atoms in total. The van der Waals surface area contributed by atoms with Gasteiger partial charge in [0.15, 0.2) is 0 Å². The Labute approximate surface area is 138 Å². The Bertz CT molecular complexity index is 679. The van der Waals surface area contributed by atoms with Crippen LogP contribution in [0.25, 0.3) is 0 Å². The summed E-state index contributed by atoms with van der Waals surface area (Å²) in [7, 11) is -3.15. The highest BCUT2D eigenvalue weighted by atomic mass is 32.2. The molecular weight excluding hydrogens is 312 g/mol. The van der Waals surface area contributed by atoms with Crippen molar-refractivity contribution in [2.24, 2.45) is 0 Å². The first-order chi connectivity index (χ1) is 11.0. The average molecular weight is 336 g/mol. The highest BCUT2D eigenvalue weighted by Gasteiger charge is 2.33. The fourth-order valence-corrected chi connectivity index (χ4v) is 4.68. The zero-order valence-electron chi connectivity index (χ0n) is 13.6. The van der Waals surface area contributed by atoms with E-state index in [1.165, 1.54) is 9.87 Å². The molecule has 1 aromatic rings. The molecule has 0 bridgehead atoms. The fraction of sp³-hybridized carbons (Fsp3) is 0.588. The first kappa shape index (κ1) is 16.5. The molecule has 0 saturated carbocycles. The van der Waals surface area contributed by atoms with Crippen LogP contribution in [0.4, 0.5) is 0 Å². The summed E-state index contributed by atoms with van der Waals surface area (Å²) in [4.78, 5) is 14.7. The third kappa shape index (κ3) is 3.28. The Morgan fingerprint density at radius 1 is 1.17 bits per heavy atom.